The van der Waals surface area contributed by atoms with Gasteiger partial charge in [-0.05, 0) is 66.8 Å². The highest BCUT2D eigenvalue weighted by molar-refractivity contribution is 6.02. The Kier molecular flexibility index (Phi) is 6.74. The SMILES string of the molecule is CNC(=O)c1ccc2c(N3CCC(CN4Cc5ccccc5N(c5cccc(C#N)c5)C4=O)CC3)ncnc2c1. The Labute approximate surface area is 232 Å². The molecule has 0 aliphatic carbocycles. The number of amides is 3. The molecule has 200 valence electrons. The second kappa shape index (κ2) is 10.7. The van der Waals surface area contributed by atoms with Gasteiger partial charge in [0.15, 0.2) is 0 Å². The molecule has 0 spiro atoms. The maximum absolute atomic E-state index is 13.8. The molecule has 9 nitrogen and oxygen atoms in total. The average molecular weight is 532 g/mol. The van der Waals surface area contributed by atoms with Crippen LogP contribution in [-0.4, -0.2) is 53.5 Å². The molecule has 6 rings (SSSR count). The molecular formula is C31H29N7O2. The Morgan fingerprint density at radius 3 is 2.67 bits per heavy atom. The van der Waals surface area contributed by atoms with Gasteiger partial charge < -0.3 is 15.1 Å². The quantitative estimate of drug-likeness (QED) is 0.395. The second-order valence-electron chi connectivity index (χ2n) is 10.2. The van der Waals surface area contributed by atoms with E-state index in [1.54, 1.807) is 42.5 Å². The van der Waals surface area contributed by atoms with E-state index in [0.717, 1.165) is 53.9 Å². The van der Waals surface area contributed by atoms with Crippen LogP contribution >= 0.6 is 0 Å². The Balaban J connectivity index is 1.18. The highest BCUT2D eigenvalue weighted by Gasteiger charge is 2.33. The van der Waals surface area contributed by atoms with Gasteiger partial charge in [0.2, 0.25) is 0 Å². The smallest absolute Gasteiger partial charge is 0.329 e. The molecule has 2 aliphatic heterocycles. The van der Waals surface area contributed by atoms with Gasteiger partial charge in [-0.1, -0.05) is 24.3 Å². The number of nitriles is 1. The maximum Gasteiger partial charge on any atom is 0.329 e. The molecule has 40 heavy (non-hydrogen) atoms. The summed E-state index contributed by atoms with van der Waals surface area (Å²) in [7, 11) is 1.61. The zero-order valence-electron chi connectivity index (χ0n) is 22.2. The van der Waals surface area contributed by atoms with Crippen LogP contribution in [0.25, 0.3) is 10.9 Å². The van der Waals surface area contributed by atoms with E-state index in [2.05, 4.69) is 32.3 Å². The summed E-state index contributed by atoms with van der Waals surface area (Å²) in [5, 5.41) is 13.0. The van der Waals surface area contributed by atoms with Crippen LogP contribution in [0.1, 0.15) is 34.3 Å². The van der Waals surface area contributed by atoms with Crippen LogP contribution in [0, 0.1) is 17.2 Å². The van der Waals surface area contributed by atoms with Gasteiger partial charge in [0.1, 0.15) is 12.1 Å². The van der Waals surface area contributed by atoms with Crippen LogP contribution < -0.4 is 15.1 Å². The van der Waals surface area contributed by atoms with Crippen molar-refractivity contribution in [3.8, 4) is 6.07 Å². The van der Waals surface area contributed by atoms with Gasteiger partial charge in [-0.3, -0.25) is 9.69 Å². The summed E-state index contributed by atoms with van der Waals surface area (Å²) >= 11 is 0. The fourth-order valence-corrected chi connectivity index (χ4v) is 5.71. The number of anilines is 3. The van der Waals surface area contributed by atoms with E-state index < -0.39 is 0 Å². The fourth-order valence-electron chi connectivity index (χ4n) is 5.71. The Hall–Kier alpha value is -4.97. The van der Waals surface area contributed by atoms with E-state index in [1.807, 2.05) is 41.3 Å². The molecule has 3 amide bonds. The number of carbonyl (C=O) groups is 2. The van der Waals surface area contributed by atoms with Crippen molar-refractivity contribution < 1.29 is 9.59 Å². The third-order valence-corrected chi connectivity index (χ3v) is 7.79. The number of benzene rings is 3. The lowest BCUT2D eigenvalue weighted by atomic mass is 9.95. The predicted octanol–water partition coefficient (Wildman–Crippen LogP) is 4.85. The van der Waals surface area contributed by atoms with Crippen LogP contribution in [0.5, 0.6) is 0 Å². The minimum atomic E-state index is -0.144. The molecule has 1 N–H and O–H groups in total. The molecule has 3 aromatic carbocycles. The largest absolute Gasteiger partial charge is 0.356 e. The minimum absolute atomic E-state index is 0.0649. The number of rotatable bonds is 5. The van der Waals surface area contributed by atoms with Crippen molar-refractivity contribution in [3.05, 3.63) is 89.7 Å². The summed E-state index contributed by atoms with van der Waals surface area (Å²) in [6.45, 7) is 2.87. The standard InChI is InChI=1S/C31H29N7O2/c1-33-30(39)23-9-10-26-27(16-23)34-20-35-29(26)36-13-11-21(12-14-36)18-37-19-24-6-2-3-8-28(24)38(31(37)40)25-7-4-5-22(15-25)17-32/h2-10,15-16,20-21H,11-14,18-19H2,1H3,(H,33,39). The van der Waals surface area contributed by atoms with Crippen LogP contribution in [0.4, 0.5) is 22.0 Å². The van der Waals surface area contributed by atoms with Gasteiger partial charge in [-0.25, -0.2) is 14.8 Å². The highest BCUT2D eigenvalue weighted by atomic mass is 16.2. The highest BCUT2D eigenvalue weighted by Crippen LogP contribution is 2.36. The number of nitrogens with one attached hydrogen (secondary N) is 1. The second-order valence-corrected chi connectivity index (χ2v) is 10.2. The molecular weight excluding hydrogens is 502 g/mol. The summed E-state index contributed by atoms with van der Waals surface area (Å²) in [5.74, 6) is 1.08. The molecule has 1 fully saturated rings. The van der Waals surface area contributed by atoms with E-state index in [-0.39, 0.29) is 11.9 Å². The monoisotopic (exact) mass is 531 g/mol. The maximum atomic E-state index is 13.8. The zero-order chi connectivity index (χ0) is 27.6. The summed E-state index contributed by atoms with van der Waals surface area (Å²) in [6, 6.07) is 22.8. The number of fused-ring (bicyclic) bond motifs is 2. The van der Waals surface area contributed by atoms with Gasteiger partial charge in [-0.15, -0.1) is 0 Å². The van der Waals surface area contributed by atoms with Crippen molar-refractivity contribution in [1.29, 1.82) is 5.26 Å². The lowest BCUT2D eigenvalue weighted by Gasteiger charge is -2.40. The molecule has 4 aromatic rings. The van der Waals surface area contributed by atoms with E-state index in [4.69, 9.17) is 0 Å². The number of para-hydroxylation sites is 1. The topological polar surface area (TPSA) is 105 Å². The van der Waals surface area contributed by atoms with Crippen LogP contribution in [0.3, 0.4) is 0 Å². The predicted molar refractivity (Wildman–Crippen MR) is 153 cm³/mol. The number of hydrogen-bond donors (Lipinski definition) is 1. The first-order valence-corrected chi connectivity index (χ1v) is 13.4. The Bertz CT molecular complexity index is 1640. The number of urea groups is 1. The summed E-state index contributed by atoms with van der Waals surface area (Å²) in [6.07, 6.45) is 3.41. The van der Waals surface area contributed by atoms with Crippen LogP contribution in [-0.2, 0) is 6.54 Å². The van der Waals surface area contributed by atoms with Crippen LogP contribution in [0.15, 0.2) is 73.1 Å². The van der Waals surface area contributed by atoms with Gasteiger partial charge in [0.05, 0.1) is 28.5 Å². The van der Waals surface area contributed by atoms with Crippen molar-refractivity contribution in [2.75, 3.05) is 36.5 Å². The van der Waals surface area contributed by atoms with Crippen molar-refractivity contribution in [1.82, 2.24) is 20.2 Å². The van der Waals surface area contributed by atoms with E-state index in [1.165, 1.54) is 0 Å². The van der Waals surface area contributed by atoms with Gasteiger partial charge in [0.25, 0.3) is 5.91 Å². The molecule has 2 aliphatic rings. The molecule has 3 heterocycles. The molecule has 0 saturated carbocycles. The van der Waals surface area contributed by atoms with Crippen molar-refractivity contribution in [3.63, 3.8) is 0 Å². The van der Waals surface area contributed by atoms with Crippen molar-refractivity contribution >= 4 is 40.0 Å². The molecule has 0 radical (unpaired) electrons. The van der Waals surface area contributed by atoms with Crippen LogP contribution in [0.2, 0.25) is 0 Å². The number of aromatic nitrogens is 2. The third kappa shape index (κ3) is 4.69. The van der Waals surface area contributed by atoms with Gasteiger partial charge in [0, 0.05) is 44.2 Å². The third-order valence-electron chi connectivity index (χ3n) is 7.79. The van der Waals surface area contributed by atoms with Gasteiger partial charge in [-0.2, -0.15) is 5.26 Å². The van der Waals surface area contributed by atoms with Gasteiger partial charge >= 0.3 is 6.03 Å². The summed E-state index contributed by atoms with van der Waals surface area (Å²) in [5.41, 5.74) is 4.49. The Morgan fingerprint density at radius 1 is 1.05 bits per heavy atom. The zero-order valence-corrected chi connectivity index (χ0v) is 22.2. The van der Waals surface area contributed by atoms with Crippen molar-refractivity contribution in [2.45, 2.75) is 19.4 Å². The van der Waals surface area contributed by atoms with E-state index in [9.17, 15) is 14.9 Å². The first-order chi connectivity index (χ1) is 19.6. The first kappa shape index (κ1) is 25.3. The normalized spacial score (nSPS) is 15.6. The fraction of sp³-hybridized carbons (Fsp3) is 0.258. The lowest BCUT2D eigenvalue weighted by molar-refractivity contribution is 0.0963. The molecule has 0 unspecified atom stereocenters. The summed E-state index contributed by atoms with van der Waals surface area (Å²) in [4.78, 5) is 40.8. The van der Waals surface area contributed by atoms with Crippen molar-refractivity contribution in [2.24, 2.45) is 5.92 Å². The molecule has 1 saturated heterocycles. The first-order valence-electron chi connectivity index (χ1n) is 13.4. The van der Waals surface area contributed by atoms with E-state index in [0.29, 0.717) is 35.8 Å². The molecule has 9 heteroatoms. The molecule has 1 aromatic heterocycles. The minimum Gasteiger partial charge on any atom is -0.356 e. The van der Waals surface area contributed by atoms with E-state index >= 15 is 0 Å². The number of hydrogen-bond acceptors (Lipinski definition) is 6. The molecule has 0 atom stereocenters. The average Bonchev–Trinajstić information content (AvgIpc) is 3.01. The number of nitrogens with zero attached hydrogens (tertiary/aromatic N) is 6. The Morgan fingerprint density at radius 2 is 1.88 bits per heavy atom. The lowest BCUT2D eigenvalue weighted by Crippen LogP contribution is -2.48. The number of piperidine rings is 1. The summed E-state index contributed by atoms with van der Waals surface area (Å²) < 4.78 is 0. The molecule has 0 bridgehead atoms. The number of carbonyl (C=O) groups excluding carboxylic acids is 2.